The molecule has 1 aliphatic rings. The molecule has 23 heavy (non-hydrogen) atoms. The summed E-state index contributed by atoms with van der Waals surface area (Å²) in [5, 5.41) is 2.59. The molecular formula is C16H21FN2O4. The molecule has 1 heterocycles. The molecule has 1 aromatic rings. The van der Waals surface area contributed by atoms with Crippen LogP contribution in [0.3, 0.4) is 0 Å². The number of hydrogen-bond acceptors (Lipinski definition) is 4. The zero-order chi connectivity index (χ0) is 17.0. The van der Waals surface area contributed by atoms with Gasteiger partial charge in [0.2, 0.25) is 0 Å². The van der Waals surface area contributed by atoms with Gasteiger partial charge in [-0.15, -0.1) is 0 Å². The van der Waals surface area contributed by atoms with Gasteiger partial charge < -0.3 is 19.7 Å². The standard InChI is InChI=1S/C16H21FN2O4/c1-10-9-19(6-7-23-10)16(21)15(20)18-11(2)12-4-5-14(22-3)13(17)8-12/h4-5,8,10-11H,6-7,9H2,1-3H3,(H,18,20). The van der Waals surface area contributed by atoms with Gasteiger partial charge in [-0.2, -0.15) is 0 Å². The van der Waals surface area contributed by atoms with Crippen molar-refractivity contribution in [3.05, 3.63) is 29.6 Å². The summed E-state index contributed by atoms with van der Waals surface area (Å²) in [4.78, 5) is 25.7. The van der Waals surface area contributed by atoms with E-state index in [0.29, 0.717) is 25.3 Å². The molecule has 2 amide bonds. The second kappa shape index (κ2) is 7.41. The third kappa shape index (κ3) is 4.19. The molecular weight excluding hydrogens is 303 g/mol. The number of halogens is 1. The second-order valence-electron chi connectivity index (χ2n) is 5.52. The summed E-state index contributed by atoms with van der Waals surface area (Å²) in [5.41, 5.74) is 0.555. The molecule has 2 rings (SSSR count). The second-order valence-corrected chi connectivity index (χ2v) is 5.52. The number of rotatable bonds is 3. The van der Waals surface area contributed by atoms with Crippen LogP contribution in [-0.2, 0) is 14.3 Å². The van der Waals surface area contributed by atoms with E-state index in [1.807, 2.05) is 6.92 Å². The minimum absolute atomic E-state index is 0.0893. The van der Waals surface area contributed by atoms with E-state index in [-0.39, 0.29) is 11.9 Å². The van der Waals surface area contributed by atoms with Crippen LogP contribution in [0.5, 0.6) is 5.75 Å². The summed E-state index contributed by atoms with van der Waals surface area (Å²) in [5.74, 6) is -1.69. The first kappa shape index (κ1) is 17.2. The van der Waals surface area contributed by atoms with Gasteiger partial charge in [0.25, 0.3) is 0 Å². The third-order valence-electron chi connectivity index (χ3n) is 3.75. The first-order valence-corrected chi connectivity index (χ1v) is 7.47. The molecule has 1 fully saturated rings. The molecule has 0 spiro atoms. The predicted molar refractivity (Wildman–Crippen MR) is 81.5 cm³/mol. The van der Waals surface area contributed by atoms with Gasteiger partial charge in [0.15, 0.2) is 11.6 Å². The first-order chi connectivity index (χ1) is 10.9. The van der Waals surface area contributed by atoms with Gasteiger partial charge in [0.05, 0.1) is 25.9 Å². The van der Waals surface area contributed by atoms with Crippen LogP contribution in [0.1, 0.15) is 25.5 Å². The topological polar surface area (TPSA) is 67.9 Å². The molecule has 0 aromatic heterocycles. The van der Waals surface area contributed by atoms with E-state index in [1.54, 1.807) is 13.0 Å². The van der Waals surface area contributed by atoms with E-state index in [0.717, 1.165) is 0 Å². The molecule has 2 atom stereocenters. The van der Waals surface area contributed by atoms with Crippen molar-refractivity contribution in [1.29, 1.82) is 0 Å². The first-order valence-electron chi connectivity index (χ1n) is 7.47. The Labute approximate surface area is 134 Å². The third-order valence-corrected chi connectivity index (χ3v) is 3.75. The molecule has 1 saturated heterocycles. The number of morpholine rings is 1. The van der Waals surface area contributed by atoms with Crippen molar-refractivity contribution in [1.82, 2.24) is 10.2 Å². The molecule has 0 bridgehead atoms. The summed E-state index contributed by atoms with van der Waals surface area (Å²) >= 11 is 0. The average molecular weight is 324 g/mol. The summed E-state index contributed by atoms with van der Waals surface area (Å²) in [6.45, 7) is 4.73. The van der Waals surface area contributed by atoms with Crippen LogP contribution in [-0.4, -0.2) is 49.6 Å². The van der Waals surface area contributed by atoms with E-state index >= 15 is 0 Å². The molecule has 0 saturated carbocycles. The van der Waals surface area contributed by atoms with Crippen molar-refractivity contribution in [3.63, 3.8) is 0 Å². The normalized spacial score (nSPS) is 19.1. The van der Waals surface area contributed by atoms with Crippen LogP contribution in [0, 0.1) is 5.82 Å². The zero-order valence-corrected chi connectivity index (χ0v) is 13.5. The lowest BCUT2D eigenvalue weighted by Crippen LogP contribution is -2.50. The van der Waals surface area contributed by atoms with Crippen LogP contribution in [0.25, 0.3) is 0 Å². The largest absolute Gasteiger partial charge is 0.494 e. The highest BCUT2D eigenvalue weighted by molar-refractivity contribution is 6.35. The number of ether oxygens (including phenoxy) is 2. The number of methoxy groups -OCH3 is 1. The van der Waals surface area contributed by atoms with Crippen molar-refractivity contribution in [2.45, 2.75) is 26.0 Å². The maximum Gasteiger partial charge on any atom is 0.312 e. The minimum Gasteiger partial charge on any atom is -0.494 e. The SMILES string of the molecule is COc1ccc(C(C)NC(=O)C(=O)N2CCOC(C)C2)cc1F. The fourth-order valence-electron chi connectivity index (χ4n) is 2.44. The van der Waals surface area contributed by atoms with Gasteiger partial charge >= 0.3 is 11.8 Å². The van der Waals surface area contributed by atoms with Crippen LogP contribution in [0.15, 0.2) is 18.2 Å². The quantitative estimate of drug-likeness (QED) is 0.850. The van der Waals surface area contributed by atoms with Gasteiger partial charge in [-0.3, -0.25) is 9.59 Å². The summed E-state index contributed by atoms with van der Waals surface area (Å²) < 4.78 is 23.9. The van der Waals surface area contributed by atoms with E-state index in [9.17, 15) is 14.0 Å². The fraction of sp³-hybridized carbons (Fsp3) is 0.500. The molecule has 1 aromatic carbocycles. The number of benzene rings is 1. The lowest BCUT2D eigenvalue weighted by molar-refractivity contribution is -0.150. The van der Waals surface area contributed by atoms with E-state index in [1.165, 1.54) is 24.1 Å². The number of carbonyl (C=O) groups excluding carboxylic acids is 2. The van der Waals surface area contributed by atoms with Crippen LogP contribution in [0.4, 0.5) is 4.39 Å². The van der Waals surface area contributed by atoms with E-state index in [2.05, 4.69) is 5.32 Å². The van der Waals surface area contributed by atoms with Gasteiger partial charge in [0, 0.05) is 13.1 Å². The lowest BCUT2D eigenvalue weighted by atomic mass is 10.1. The van der Waals surface area contributed by atoms with Crippen LogP contribution >= 0.6 is 0 Å². The molecule has 2 unspecified atom stereocenters. The Balaban J connectivity index is 1.98. The van der Waals surface area contributed by atoms with Gasteiger partial charge in [-0.05, 0) is 31.5 Å². The summed E-state index contributed by atoms with van der Waals surface area (Å²) in [6.07, 6.45) is -0.0893. The molecule has 126 valence electrons. The van der Waals surface area contributed by atoms with Gasteiger partial charge in [-0.1, -0.05) is 6.07 Å². The molecule has 0 radical (unpaired) electrons. The number of nitrogens with one attached hydrogen (secondary N) is 1. The Bertz CT molecular complexity index is 593. The molecule has 0 aliphatic carbocycles. The maximum absolute atomic E-state index is 13.7. The Kier molecular flexibility index (Phi) is 5.54. The number of carbonyl (C=O) groups is 2. The van der Waals surface area contributed by atoms with E-state index < -0.39 is 23.7 Å². The molecule has 1 aliphatic heterocycles. The minimum atomic E-state index is -0.706. The van der Waals surface area contributed by atoms with Crippen molar-refractivity contribution in [2.24, 2.45) is 0 Å². The van der Waals surface area contributed by atoms with Crippen molar-refractivity contribution in [3.8, 4) is 5.75 Å². The molecule has 1 N–H and O–H groups in total. The highest BCUT2D eigenvalue weighted by Gasteiger charge is 2.27. The monoisotopic (exact) mass is 324 g/mol. The van der Waals surface area contributed by atoms with Crippen molar-refractivity contribution in [2.75, 3.05) is 26.8 Å². The smallest absolute Gasteiger partial charge is 0.312 e. The summed E-state index contributed by atoms with van der Waals surface area (Å²) in [7, 11) is 1.38. The van der Waals surface area contributed by atoms with Crippen LogP contribution < -0.4 is 10.1 Å². The Morgan fingerprint density at radius 3 is 2.83 bits per heavy atom. The van der Waals surface area contributed by atoms with Crippen LogP contribution in [0.2, 0.25) is 0 Å². The number of hydrogen-bond donors (Lipinski definition) is 1. The highest BCUT2D eigenvalue weighted by atomic mass is 19.1. The van der Waals surface area contributed by atoms with Crippen molar-refractivity contribution >= 4 is 11.8 Å². The number of amides is 2. The maximum atomic E-state index is 13.7. The van der Waals surface area contributed by atoms with Crippen molar-refractivity contribution < 1.29 is 23.5 Å². The highest BCUT2D eigenvalue weighted by Crippen LogP contribution is 2.21. The fourth-order valence-corrected chi connectivity index (χ4v) is 2.44. The molecule has 7 heteroatoms. The predicted octanol–water partition coefficient (Wildman–Crippen LogP) is 1.26. The Morgan fingerprint density at radius 2 is 2.22 bits per heavy atom. The lowest BCUT2D eigenvalue weighted by Gasteiger charge is -2.30. The molecule has 6 nitrogen and oxygen atoms in total. The van der Waals surface area contributed by atoms with E-state index in [4.69, 9.17) is 9.47 Å². The van der Waals surface area contributed by atoms with Gasteiger partial charge in [0.1, 0.15) is 0 Å². The zero-order valence-electron chi connectivity index (χ0n) is 13.5. The Morgan fingerprint density at radius 1 is 1.48 bits per heavy atom. The average Bonchev–Trinajstić information content (AvgIpc) is 2.53. The Hall–Kier alpha value is -2.15. The number of nitrogens with zero attached hydrogens (tertiary/aromatic N) is 1. The van der Waals surface area contributed by atoms with Gasteiger partial charge in [-0.25, -0.2) is 4.39 Å². The summed E-state index contributed by atoms with van der Waals surface area (Å²) in [6, 6.07) is 3.92.